The summed E-state index contributed by atoms with van der Waals surface area (Å²) >= 11 is 0. The smallest absolute Gasteiger partial charge is 0.317 e. The van der Waals surface area contributed by atoms with Crippen molar-refractivity contribution in [2.24, 2.45) is 11.8 Å². The first-order valence-electron chi connectivity index (χ1n) is 6.79. The van der Waals surface area contributed by atoms with Crippen molar-refractivity contribution in [3.05, 3.63) is 0 Å². The van der Waals surface area contributed by atoms with E-state index in [1.165, 1.54) is 30.6 Å². The van der Waals surface area contributed by atoms with E-state index in [-0.39, 0.29) is 19.0 Å². The molecule has 18 heavy (non-hydrogen) atoms. The van der Waals surface area contributed by atoms with Crippen molar-refractivity contribution in [2.75, 3.05) is 13.6 Å². The molecule has 1 unspecified atom stereocenters. The molecule has 3 aliphatic carbocycles. The number of carboxylic acids is 1. The first kappa shape index (κ1) is 13.2. The molecule has 0 spiro atoms. The van der Waals surface area contributed by atoms with Gasteiger partial charge in [0.15, 0.2) is 0 Å². The predicted octanol–water partition coefficient (Wildman–Crippen LogP) is 1.68. The molecule has 0 aromatic carbocycles. The molecule has 3 saturated carbocycles. The van der Waals surface area contributed by atoms with Crippen LogP contribution in [0, 0.1) is 11.8 Å². The second-order valence-electron chi connectivity index (χ2n) is 5.64. The average molecular weight is 254 g/mol. The van der Waals surface area contributed by atoms with E-state index in [1.807, 2.05) is 0 Å². The van der Waals surface area contributed by atoms with Crippen molar-refractivity contribution in [2.45, 2.75) is 44.6 Å². The van der Waals surface area contributed by atoms with Crippen LogP contribution in [0.1, 0.15) is 38.5 Å². The number of fused-ring (bicyclic) bond motifs is 3. The molecule has 0 saturated heterocycles. The second-order valence-corrected chi connectivity index (χ2v) is 5.64. The number of aliphatic carboxylic acids is 1. The molecule has 0 heterocycles. The van der Waals surface area contributed by atoms with Gasteiger partial charge in [-0.15, -0.1) is 0 Å². The molecule has 0 aromatic heterocycles. The van der Waals surface area contributed by atoms with Crippen molar-refractivity contribution in [3.63, 3.8) is 0 Å². The van der Waals surface area contributed by atoms with Crippen LogP contribution in [0.15, 0.2) is 0 Å². The molecule has 0 radical (unpaired) electrons. The molecule has 5 heteroatoms. The van der Waals surface area contributed by atoms with Crippen LogP contribution in [-0.4, -0.2) is 41.6 Å². The van der Waals surface area contributed by atoms with Crippen LogP contribution in [0.4, 0.5) is 4.79 Å². The average Bonchev–Trinajstić information content (AvgIpc) is 2.37. The van der Waals surface area contributed by atoms with Gasteiger partial charge in [0.1, 0.15) is 0 Å². The molecule has 2 bridgehead atoms. The Hall–Kier alpha value is -1.26. The minimum absolute atomic E-state index is 0.000635. The van der Waals surface area contributed by atoms with Gasteiger partial charge in [-0.2, -0.15) is 0 Å². The number of nitrogens with zero attached hydrogens (tertiary/aromatic N) is 1. The lowest BCUT2D eigenvalue weighted by Gasteiger charge is -2.43. The number of carbonyl (C=O) groups excluding carboxylic acids is 1. The van der Waals surface area contributed by atoms with E-state index in [9.17, 15) is 9.59 Å². The number of amides is 2. The number of carbonyl (C=O) groups is 2. The van der Waals surface area contributed by atoms with E-state index < -0.39 is 5.97 Å². The van der Waals surface area contributed by atoms with E-state index in [4.69, 9.17) is 5.11 Å². The fraction of sp³-hybridized carbons (Fsp3) is 0.846. The Morgan fingerprint density at radius 3 is 2.44 bits per heavy atom. The lowest BCUT2D eigenvalue weighted by Crippen LogP contribution is -2.50. The van der Waals surface area contributed by atoms with Gasteiger partial charge in [-0.05, 0) is 31.1 Å². The van der Waals surface area contributed by atoms with E-state index in [0.29, 0.717) is 12.0 Å². The predicted molar refractivity (Wildman–Crippen MR) is 67.3 cm³/mol. The summed E-state index contributed by atoms with van der Waals surface area (Å²) in [4.78, 5) is 23.9. The van der Waals surface area contributed by atoms with Crippen molar-refractivity contribution in [3.8, 4) is 0 Å². The van der Waals surface area contributed by atoms with E-state index >= 15 is 0 Å². The zero-order valence-electron chi connectivity index (χ0n) is 10.9. The fourth-order valence-corrected chi connectivity index (χ4v) is 3.19. The quantitative estimate of drug-likeness (QED) is 0.802. The van der Waals surface area contributed by atoms with Gasteiger partial charge in [0.25, 0.3) is 0 Å². The Bertz CT molecular complexity index is 324. The maximum atomic E-state index is 11.9. The third kappa shape index (κ3) is 3.15. The highest BCUT2D eigenvalue weighted by molar-refractivity contribution is 5.75. The summed E-state index contributed by atoms with van der Waals surface area (Å²) in [6, 6.07) is 0.172. The summed E-state index contributed by atoms with van der Waals surface area (Å²) in [6.07, 6.45) is 6.19. The number of carboxylic acid groups (broad SMARTS) is 1. The number of urea groups is 1. The molecule has 1 atom stereocenters. The highest BCUT2D eigenvalue weighted by Gasteiger charge is 2.36. The molecule has 5 nitrogen and oxygen atoms in total. The highest BCUT2D eigenvalue weighted by atomic mass is 16.4. The maximum absolute atomic E-state index is 11.9. The minimum atomic E-state index is -0.869. The monoisotopic (exact) mass is 254 g/mol. The van der Waals surface area contributed by atoms with Gasteiger partial charge in [0, 0.05) is 19.6 Å². The van der Waals surface area contributed by atoms with Gasteiger partial charge in [-0.25, -0.2) is 4.79 Å². The Morgan fingerprint density at radius 1 is 1.28 bits per heavy atom. The van der Waals surface area contributed by atoms with Crippen LogP contribution >= 0.6 is 0 Å². The summed E-state index contributed by atoms with van der Waals surface area (Å²) in [7, 11) is 1.65. The zero-order valence-corrected chi connectivity index (χ0v) is 10.9. The first-order valence-corrected chi connectivity index (χ1v) is 6.79. The lowest BCUT2D eigenvalue weighted by atomic mass is 9.68. The maximum Gasteiger partial charge on any atom is 0.317 e. The number of hydrogen-bond acceptors (Lipinski definition) is 2. The van der Waals surface area contributed by atoms with Gasteiger partial charge >= 0.3 is 12.0 Å². The molecule has 2 amide bonds. The van der Waals surface area contributed by atoms with E-state index in [2.05, 4.69) is 5.32 Å². The largest absolute Gasteiger partial charge is 0.481 e. The summed E-state index contributed by atoms with van der Waals surface area (Å²) < 4.78 is 0. The van der Waals surface area contributed by atoms with E-state index in [0.717, 1.165) is 12.3 Å². The lowest BCUT2D eigenvalue weighted by molar-refractivity contribution is -0.137. The minimum Gasteiger partial charge on any atom is -0.481 e. The SMILES string of the molecule is CN(CCC(=O)O)C(=O)NC1CC2CCC1CC2. The molecular formula is C13H22N2O3. The Labute approximate surface area is 108 Å². The van der Waals surface area contributed by atoms with Crippen LogP contribution in [0.5, 0.6) is 0 Å². The molecule has 0 aliphatic heterocycles. The topological polar surface area (TPSA) is 69.6 Å². The Kier molecular flexibility index (Phi) is 4.09. The van der Waals surface area contributed by atoms with Crippen molar-refractivity contribution >= 4 is 12.0 Å². The normalized spacial score (nSPS) is 29.9. The van der Waals surface area contributed by atoms with Crippen LogP contribution in [0.2, 0.25) is 0 Å². The molecule has 2 N–H and O–H groups in total. The van der Waals surface area contributed by atoms with Crippen LogP contribution in [-0.2, 0) is 4.79 Å². The summed E-state index contributed by atoms with van der Waals surface area (Å²) in [5.74, 6) is 0.544. The number of hydrogen-bond donors (Lipinski definition) is 2. The molecule has 3 aliphatic rings. The first-order chi connectivity index (χ1) is 8.56. The summed E-state index contributed by atoms with van der Waals surface area (Å²) in [6.45, 7) is 0.266. The molecule has 3 rings (SSSR count). The number of nitrogens with one attached hydrogen (secondary N) is 1. The van der Waals surface area contributed by atoms with Crippen molar-refractivity contribution in [1.82, 2.24) is 10.2 Å². The standard InChI is InChI=1S/C13H22N2O3/c1-15(7-6-12(16)17)13(18)14-11-8-9-2-4-10(11)5-3-9/h9-11H,2-8H2,1H3,(H,14,18)(H,16,17). The van der Waals surface area contributed by atoms with Gasteiger partial charge < -0.3 is 15.3 Å². The third-order valence-electron chi connectivity index (χ3n) is 4.36. The van der Waals surface area contributed by atoms with Gasteiger partial charge in [-0.1, -0.05) is 12.8 Å². The highest BCUT2D eigenvalue weighted by Crippen LogP contribution is 2.41. The Balaban J connectivity index is 1.78. The summed E-state index contributed by atoms with van der Waals surface area (Å²) in [5, 5.41) is 11.7. The van der Waals surface area contributed by atoms with E-state index in [1.54, 1.807) is 7.05 Å². The number of rotatable bonds is 4. The molecular weight excluding hydrogens is 232 g/mol. The van der Waals surface area contributed by atoms with Crippen LogP contribution in [0.3, 0.4) is 0 Å². The molecule has 3 fully saturated rings. The molecule has 0 aromatic rings. The van der Waals surface area contributed by atoms with Crippen LogP contribution in [0.25, 0.3) is 0 Å². The van der Waals surface area contributed by atoms with Crippen molar-refractivity contribution < 1.29 is 14.7 Å². The van der Waals surface area contributed by atoms with Gasteiger partial charge in [0.05, 0.1) is 6.42 Å². The molecule has 102 valence electrons. The Morgan fingerprint density at radius 2 is 1.94 bits per heavy atom. The van der Waals surface area contributed by atoms with Crippen molar-refractivity contribution in [1.29, 1.82) is 0 Å². The fourth-order valence-electron chi connectivity index (χ4n) is 3.19. The van der Waals surface area contributed by atoms with Gasteiger partial charge in [-0.3, -0.25) is 4.79 Å². The van der Waals surface area contributed by atoms with Gasteiger partial charge in [0.2, 0.25) is 0 Å². The third-order valence-corrected chi connectivity index (χ3v) is 4.36. The zero-order chi connectivity index (χ0) is 13.1. The van der Waals surface area contributed by atoms with Crippen LogP contribution < -0.4 is 5.32 Å². The summed E-state index contributed by atoms with van der Waals surface area (Å²) in [5.41, 5.74) is 0. The second kappa shape index (κ2) is 5.59.